The fourth-order valence-corrected chi connectivity index (χ4v) is 2.31. The predicted molar refractivity (Wildman–Crippen MR) is 79.3 cm³/mol. The maximum atomic E-state index is 4.28. The summed E-state index contributed by atoms with van der Waals surface area (Å²) in [5, 5.41) is 0. The zero-order valence-electron chi connectivity index (χ0n) is 11.3. The van der Waals surface area contributed by atoms with Gasteiger partial charge in [0.2, 0.25) is 0 Å². The van der Waals surface area contributed by atoms with Crippen LogP contribution in [0.15, 0.2) is 67.0 Å². The molecule has 18 heavy (non-hydrogen) atoms. The fourth-order valence-electron chi connectivity index (χ4n) is 2.31. The molecule has 0 bridgehead atoms. The Bertz CT molecular complexity index is 470. The number of benzene rings is 1. The third kappa shape index (κ3) is 2.56. The van der Waals surface area contributed by atoms with Crippen LogP contribution >= 0.6 is 0 Å². The van der Waals surface area contributed by atoms with Gasteiger partial charge in [-0.05, 0) is 37.5 Å². The van der Waals surface area contributed by atoms with Crippen molar-refractivity contribution in [1.29, 1.82) is 0 Å². The molecule has 1 nitrogen and oxygen atoms in total. The predicted octanol–water partition coefficient (Wildman–Crippen LogP) is 4.75. The lowest BCUT2D eigenvalue weighted by Gasteiger charge is -2.27. The van der Waals surface area contributed by atoms with Crippen LogP contribution in [-0.2, 0) is 0 Å². The maximum Gasteiger partial charge on any atom is 0.0457 e. The summed E-state index contributed by atoms with van der Waals surface area (Å²) in [6.07, 6.45) is 5.29. The van der Waals surface area contributed by atoms with E-state index in [-0.39, 0.29) is 0 Å². The Hall–Kier alpha value is -1.76. The summed E-state index contributed by atoms with van der Waals surface area (Å²) >= 11 is 0. The largest absolute Gasteiger partial charge is 0.315 e. The van der Waals surface area contributed by atoms with Gasteiger partial charge < -0.3 is 4.90 Å². The first-order chi connectivity index (χ1) is 8.65. The lowest BCUT2D eigenvalue weighted by Crippen LogP contribution is -2.21. The van der Waals surface area contributed by atoms with Crippen molar-refractivity contribution in [3.05, 3.63) is 67.0 Å². The van der Waals surface area contributed by atoms with Crippen LogP contribution in [0.5, 0.6) is 0 Å². The van der Waals surface area contributed by atoms with E-state index in [1.165, 1.54) is 6.42 Å². The molecule has 2 atom stereocenters. The van der Waals surface area contributed by atoms with Crippen molar-refractivity contribution >= 4 is 5.69 Å². The third-order valence-corrected chi connectivity index (χ3v) is 3.49. The average molecular weight is 239 g/mol. The molecule has 0 N–H and O–H groups in total. The Kier molecular flexibility index (Phi) is 3.71. The summed E-state index contributed by atoms with van der Waals surface area (Å²) in [6, 6.07) is 10.3. The van der Waals surface area contributed by atoms with Crippen molar-refractivity contribution in [1.82, 2.24) is 0 Å². The Morgan fingerprint density at radius 3 is 2.39 bits per heavy atom. The number of para-hydroxylation sites is 1. The SMILES string of the molecule is C=C(/C=C\C)N(C(=C)C1CC1C)c1ccccc1. The summed E-state index contributed by atoms with van der Waals surface area (Å²) in [4.78, 5) is 2.17. The zero-order valence-corrected chi connectivity index (χ0v) is 11.3. The minimum absolute atomic E-state index is 0.604. The molecule has 0 aliphatic heterocycles. The standard InChI is InChI=1S/C17H21N/c1-5-9-14(3)18(15(4)17-12-13(17)2)16-10-7-6-8-11-16/h5-11,13,17H,3-4,12H2,1-2H3/b9-5-. The highest BCUT2D eigenvalue weighted by Crippen LogP contribution is 2.45. The van der Waals surface area contributed by atoms with E-state index in [0.29, 0.717) is 5.92 Å². The van der Waals surface area contributed by atoms with Crippen LogP contribution in [0.1, 0.15) is 20.3 Å². The van der Waals surface area contributed by atoms with Crippen LogP contribution in [0.2, 0.25) is 0 Å². The molecule has 1 aliphatic carbocycles. The molecule has 1 saturated carbocycles. The van der Waals surface area contributed by atoms with Gasteiger partial charge in [0, 0.05) is 23.0 Å². The van der Waals surface area contributed by atoms with Crippen molar-refractivity contribution in [2.75, 3.05) is 4.90 Å². The molecule has 0 radical (unpaired) electrons. The number of anilines is 1. The first kappa shape index (κ1) is 12.7. The number of hydrogen-bond donors (Lipinski definition) is 0. The average Bonchev–Trinajstić information content (AvgIpc) is 3.08. The van der Waals surface area contributed by atoms with Gasteiger partial charge in [-0.2, -0.15) is 0 Å². The monoisotopic (exact) mass is 239 g/mol. The van der Waals surface area contributed by atoms with Gasteiger partial charge in [-0.1, -0.05) is 44.4 Å². The second-order valence-corrected chi connectivity index (χ2v) is 4.97. The molecule has 1 fully saturated rings. The summed E-state index contributed by atoms with van der Waals surface area (Å²) in [6.45, 7) is 12.7. The second kappa shape index (κ2) is 5.26. The first-order valence-electron chi connectivity index (χ1n) is 6.50. The summed E-state index contributed by atoms with van der Waals surface area (Å²) in [5.41, 5.74) is 3.29. The molecule has 94 valence electrons. The molecular weight excluding hydrogens is 218 g/mol. The highest BCUT2D eigenvalue weighted by molar-refractivity contribution is 5.60. The summed E-state index contributed by atoms with van der Waals surface area (Å²) < 4.78 is 0. The smallest absolute Gasteiger partial charge is 0.0457 e. The van der Waals surface area contributed by atoms with E-state index >= 15 is 0 Å². The number of hydrogen-bond acceptors (Lipinski definition) is 1. The Morgan fingerprint density at radius 2 is 1.89 bits per heavy atom. The fraction of sp³-hybridized carbons (Fsp3) is 0.294. The van der Waals surface area contributed by atoms with E-state index in [0.717, 1.165) is 23.0 Å². The van der Waals surface area contributed by atoms with Crippen molar-refractivity contribution in [3.63, 3.8) is 0 Å². The quantitative estimate of drug-likeness (QED) is 0.670. The van der Waals surface area contributed by atoms with Crippen LogP contribution in [0.4, 0.5) is 5.69 Å². The molecule has 0 heterocycles. The van der Waals surface area contributed by atoms with Crippen molar-refractivity contribution in [2.24, 2.45) is 11.8 Å². The zero-order chi connectivity index (χ0) is 13.1. The van der Waals surface area contributed by atoms with Crippen LogP contribution in [0, 0.1) is 11.8 Å². The van der Waals surface area contributed by atoms with E-state index in [9.17, 15) is 0 Å². The minimum atomic E-state index is 0.604. The van der Waals surface area contributed by atoms with E-state index in [2.05, 4.69) is 49.2 Å². The molecule has 1 aromatic carbocycles. The van der Waals surface area contributed by atoms with Gasteiger partial charge in [-0.25, -0.2) is 0 Å². The number of nitrogens with zero attached hydrogens (tertiary/aromatic N) is 1. The molecular formula is C17H21N. The molecule has 2 rings (SSSR count). The van der Waals surface area contributed by atoms with E-state index in [1.807, 2.05) is 25.1 Å². The van der Waals surface area contributed by atoms with E-state index in [4.69, 9.17) is 0 Å². The highest BCUT2D eigenvalue weighted by Gasteiger charge is 2.37. The van der Waals surface area contributed by atoms with Gasteiger partial charge >= 0.3 is 0 Å². The summed E-state index contributed by atoms with van der Waals surface area (Å²) in [5.74, 6) is 1.36. The molecule has 1 aromatic rings. The van der Waals surface area contributed by atoms with Gasteiger partial charge in [-0.15, -0.1) is 0 Å². The van der Waals surface area contributed by atoms with Gasteiger partial charge in [0.1, 0.15) is 0 Å². The van der Waals surface area contributed by atoms with Crippen LogP contribution < -0.4 is 4.90 Å². The number of rotatable bonds is 5. The molecule has 0 amide bonds. The maximum absolute atomic E-state index is 4.28. The lowest BCUT2D eigenvalue weighted by molar-refractivity contribution is 0.827. The molecule has 1 heteroatoms. The van der Waals surface area contributed by atoms with Crippen LogP contribution in [-0.4, -0.2) is 0 Å². The van der Waals surface area contributed by atoms with Gasteiger partial charge in [0.05, 0.1) is 0 Å². The topological polar surface area (TPSA) is 3.24 Å². The number of allylic oxidation sites excluding steroid dienone is 3. The molecule has 0 spiro atoms. The molecule has 1 aliphatic rings. The van der Waals surface area contributed by atoms with Crippen molar-refractivity contribution in [3.8, 4) is 0 Å². The first-order valence-corrected chi connectivity index (χ1v) is 6.50. The van der Waals surface area contributed by atoms with Crippen LogP contribution in [0.3, 0.4) is 0 Å². The second-order valence-electron chi connectivity index (χ2n) is 4.97. The molecule has 0 aromatic heterocycles. The van der Waals surface area contributed by atoms with Crippen molar-refractivity contribution in [2.45, 2.75) is 20.3 Å². The summed E-state index contributed by atoms with van der Waals surface area (Å²) in [7, 11) is 0. The van der Waals surface area contributed by atoms with Gasteiger partial charge in [0.25, 0.3) is 0 Å². The Morgan fingerprint density at radius 1 is 1.28 bits per heavy atom. The lowest BCUT2D eigenvalue weighted by atomic mass is 10.2. The molecule has 0 saturated heterocycles. The third-order valence-electron chi connectivity index (χ3n) is 3.49. The van der Waals surface area contributed by atoms with Gasteiger partial charge in [-0.3, -0.25) is 0 Å². The van der Waals surface area contributed by atoms with Crippen molar-refractivity contribution < 1.29 is 0 Å². The Labute approximate surface area is 110 Å². The molecule has 2 unspecified atom stereocenters. The normalized spacial score (nSPS) is 21.9. The van der Waals surface area contributed by atoms with Gasteiger partial charge in [0.15, 0.2) is 0 Å². The van der Waals surface area contributed by atoms with Crippen LogP contribution in [0.25, 0.3) is 0 Å². The van der Waals surface area contributed by atoms with E-state index < -0.39 is 0 Å². The minimum Gasteiger partial charge on any atom is -0.315 e. The Balaban J connectivity index is 2.29. The van der Waals surface area contributed by atoms with E-state index in [1.54, 1.807) is 0 Å². The highest BCUT2D eigenvalue weighted by atomic mass is 15.2.